The SMILES string of the molecule is O=C(CSc1nc(Nc2ccc(F)c(F)c2)c2ccccc2n1)NC[C@H]1CCCO1. The van der Waals surface area contributed by atoms with Crippen molar-refractivity contribution in [3.05, 3.63) is 54.1 Å². The minimum absolute atomic E-state index is 0.0859. The van der Waals surface area contributed by atoms with Gasteiger partial charge >= 0.3 is 0 Å². The molecule has 1 atom stereocenters. The minimum Gasteiger partial charge on any atom is -0.376 e. The summed E-state index contributed by atoms with van der Waals surface area (Å²) in [7, 11) is 0. The van der Waals surface area contributed by atoms with E-state index in [1.807, 2.05) is 24.3 Å². The van der Waals surface area contributed by atoms with Crippen molar-refractivity contribution in [2.24, 2.45) is 0 Å². The fraction of sp³-hybridized carbons (Fsp3) is 0.286. The summed E-state index contributed by atoms with van der Waals surface area (Å²) in [4.78, 5) is 21.1. The van der Waals surface area contributed by atoms with Gasteiger partial charge in [0.1, 0.15) is 5.82 Å². The molecule has 0 bridgehead atoms. The lowest BCUT2D eigenvalue weighted by atomic mass is 10.2. The highest BCUT2D eigenvalue weighted by Crippen LogP contribution is 2.27. The van der Waals surface area contributed by atoms with Gasteiger partial charge in [-0.1, -0.05) is 23.9 Å². The fourth-order valence-corrected chi connectivity index (χ4v) is 3.82. The van der Waals surface area contributed by atoms with Crippen LogP contribution in [0.25, 0.3) is 10.9 Å². The molecule has 0 unspecified atom stereocenters. The van der Waals surface area contributed by atoms with E-state index in [1.54, 1.807) is 0 Å². The van der Waals surface area contributed by atoms with Crippen LogP contribution in [-0.2, 0) is 9.53 Å². The monoisotopic (exact) mass is 430 g/mol. The zero-order chi connectivity index (χ0) is 20.9. The molecule has 0 aliphatic carbocycles. The van der Waals surface area contributed by atoms with Gasteiger partial charge in [-0.05, 0) is 37.1 Å². The number of amides is 1. The van der Waals surface area contributed by atoms with Crippen LogP contribution < -0.4 is 10.6 Å². The van der Waals surface area contributed by atoms with Crippen LogP contribution in [-0.4, -0.2) is 40.9 Å². The van der Waals surface area contributed by atoms with Gasteiger partial charge in [0.25, 0.3) is 0 Å². The first-order chi connectivity index (χ1) is 14.6. The second-order valence-corrected chi connectivity index (χ2v) is 7.80. The van der Waals surface area contributed by atoms with Crippen molar-refractivity contribution in [1.82, 2.24) is 15.3 Å². The van der Waals surface area contributed by atoms with Crippen LogP contribution in [0.5, 0.6) is 0 Å². The van der Waals surface area contributed by atoms with Gasteiger partial charge < -0.3 is 15.4 Å². The van der Waals surface area contributed by atoms with Crippen molar-refractivity contribution in [2.45, 2.75) is 24.1 Å². The summed E-state index contributed by atoms with van der Waals surface area (Å²) in [6, 6.07) is 10.9. The molecule has 1 amide bonds. The Morgan fingerprint density at radius 1 is 1.17 bits per heavy atom. The Morgan fingerprint density at radius 2 is 2.03 bits per heavy atom. The molecule has 3 aromatic rings. The van der Waals surface area contributed by atoms with Crippen LogP contribution in [0.2, 0.25) is 0 Å². The lowest BCUT2D eigenvalue weighted by molar-refractivity contribution is -0.119. The molecule has 1 aromatic heterocycles. The van der Waals surface area contributed by atoms with Gasteiger partial charge in [-0.2, -0.15) is 0 Å². The molecule has 2 heterocycles. The van der Waals surface area contributed by atoms with Gasteiger partial charge in [-0.25, -0.2) is 18.7 Å². The summed E-state index contributed by atoms with van der Waals surface area (Å²) in [5.41, 5.74) is 1.04. The first-order valence-corrected chi connectivity index (χ1v) is 10.6. The number of hydrogen-bond donors (Lipinski definition) is 2. The number of hydrogen-bond acceptors (Lipinski definition) is 6. The number of carbonyl (C=O) groups is 1. The van der Waals surface area contributed by atoms with Crippen LogP contribution in [0.1, 0.15) is 12.8 Å². The van der Waals surface area contributed by atoms with Crippen molar-refractivity contribution >= 4 is 40.1 Å². The molecule has 1 fully saturated rings. The normalized spacial score (nSPS) is 16.0. The molecule has 9 heteroatoms. The number of nitrogens with zero attached hydrogens (tertiary/aromatic N) is 2. The Labute approximate surface area is 176 Å². The summed E-state index contributed by atoms with van der Waals surface area (Å²) in [5.74, 6) is -1.37. The summed E-state index contributed by atoms with van der Waals surface area (Å²) in [5, 5.41) is 7.02. The summed E-state index contributed by atoms with van der Waals surface area (Å²) >= 11 is 1.21. The highest BCUT2D eigenvalue weighted by atomic mass is 32.2. The highest BCUT2D eigenvalue weighted by Gasteiger charge is 2.17. The molecule has 2 N–H and O–H groups in total. The Kier molecular flexibility index (Phi) is 6.39. The average molecular weight is 430 g/mol. The maximum Gasteiger partial charge on any atom is 0.230 e. The van der Waals surface area contributed by atoms with Gasteiger partial charge in [-0.3, -0.25) is 4.79 Å². The van der Waals surface area contributed by atoms with Gasteiger partial charge in [0, 0.05) is 30.3 Å². The molecular formula is C21H20F2N4O2S. The Hall–Kier alpha value is -2.78. The molecule has 4 rings (SSSR count). The molecule has 30 heavy (non-hydrogen) atoms. The van der Waals surface area contributed by atoms with E-state index in [-0.39, 0.29) is 17.8 Å². The minimum atomic E-state index is -0.948. The molecule has 1 aliphatic rings. The molecule has 2 aromatic carbocycles. The van der Waals surface area contributed by atoms with Crippen molar-refractivity contribution in [2.75, 3.05) is 24.2 Å². The Bertz CT molecular complexity index is 1060. The highest BCUT2D eigenvalue weighted by molar-refractivity contribution is 7.99. The van der Waals surface area contributed by atoms with Crippen molar-refractivity contribution in [3.8, 4) is 0 Å². The van der Waals surface area contributed by atoms with Crippen molar-refractivity contribution < 1.29 is 18.3 Å². The van der Waals surface area contributed by atoms with Crippen LogP contribution in [0.15, 0.2) is 47.6 Å². The number of nitrogens with one attached hydrogen (secondary N) is 2. The first-order valence-electron chi connectivity index (χ1n) is 9.58. The number of fused-ring (bicyclic) bond motifs is 1. The predicted molar refractivity (Wildman–Crippen MR) is 112 cm³/mol. The van der Waals surface area contributed by atoms with Gasteiger partial charge in [0.05, 0.1) is 17.4 Å². The first kappa shape index (κ1) is 20.5. The Balaban J connectivity index is 1.48. The number of aromatic nitrogens is 2. The maximum atomic E-state index is 13.6. The summed E-state index contributed by atoms with van der Waals surface area (Å²) < 4.78 is 32.3. The standard InChI is InChI=1S/C21H20F2N4O2S/c22-16-8-7-13(10-17(16)23)25-20-15-5-1-2-6-18(15)26-21(27-20)30-12-19(28)24-11-14-4-3-9-29-14/h1-2,5-8,10,14H,3-4,9,11-12H2,(H,24,28)(H,25,26,27)/t14-/m1/s1. The maximum absolute atomic E-state index is 13.6. The van der Waals surface area contributed by atoms with E-state index >= 15 is 0 Å². The molecule has 0 spiro atoms. The number of ether oxygens (including phenoxy) is 1. The third kappa shape index (κ3) is 5.03. The van der Waals surface area contributed by atoms with E-state index in [4.69, 9.17) is 4.74 Å². The molecule has 6 nitrogen and oxygen atoms in total. The fourth-order valence-electron chi connectivity index (χ4n) is 3.14. The number of carbonyl (C=O) groups excluding carboxylic acids is 1. The van der Waals surface area contributed by atoms with Crippen molar-refractivity contribution in [1.29, 1.82) is 0 Å². The van der Waals surface area contributed by atoms with Gasteiger partial charge in [-0.15, -0.1) is 0 Å². The quantitative estimate of drug-likeness (QED) is 0.435. The molecule has 1 aliphatic heterocycles. The average Bonchev–Trinajstić information content (AvgIpc) is 3.27. The number of para-hydroxylation sites is 1. The topological polar surface area (TPSA) is 76.1 Å². The lowest BCUT2D eigenvalue weighted by Crippen LogP contribution is -2.32. The van der Waals surface area contributed by atoms with Gasteiger partial charge in [0.2, 0.25) is 5.91 Å². The summed E-state index contributed by atoms with van der Waals surface area (Å²) in [6.45, 7) is 1.24. The number of anilines is 2. The second kappa shape index (κ2) is 9.36. The van der Waals surface area contributed by atoms with E-state index < -0.39 is 11.6 Å². The lowest BCUT2D eigenvalue weighted by Gasteiger charge is -2.12. The molecule has 156 valence electrons. The Morgan fingerprint density at radius 3 is 2.83 bits per heavy atom. The predicted octanol–water partition coefficient (Wildman–Crippen LogP) is 4.04. The van der Waals surface area contributed by atoms with E-state index in [0.717, 1.165) is 37.0 Å². The second-order valence-electron chi connectivity index (χ2n) is 6.85. The van der Waals surface area contributed by atoms with Crippen molar-refractivity contribution in [3.63, 3.8) is 0 Å². The largest absolute Gasteiger partial charge is 0.376 e. The van der Waals surface area contributed by atoms with Crippen LogP contribution >= 0.6 is 11.8 Å². The van der Waals surface area contributed by atoms with E-state index in [0.29, 0.717) is 28.7 Å². The molecule has 0 radical (unpaired) electrons. The zero-order valence-electron chi connectivity index (χ0n) is 16.0. The smallest absolute Gasteiger partial charge is 0.230 e. The molecular weight excluding hydrogens is 410 g/mol. The van der Waals surface area contributed by atoms with Crippen LogP contribution in [0, 0.1) is 11.6 Å². The number of rotatable bonds is 7. The third-order valence-corrected chi connectivity index (χ3v) is 5.50. The van der Waals surface area contributed by atoms with E-state index in [2.05, 4.69) is 20.6 Å². The van der Waals surface area contributed by atoms with E-state index in [1.165, 1.54) is 17.8 Å². The molecule has 0 saturated carbocycles. The van der Waals surface area contributed by atoms with Crippen LogP contribution in [0.3, 0.4) is 0 Å². The van der Waals surface area contributed by atoms with Gasteiger partial charge in [0.15, 0.2) is 16.8 Å². The third-order valence-electron chi connectivity index (χ3n) is 4.65. The number of halogens is 2. The van der Waals surface area contributed by atoms with E-state index in [9.17, 15) is 13.6 Å². The van der Waals surface area contributed by atoms with Crippen LogP contribution in [0.4, 0.5) is 20.3 Å². The summed E-state index contributed by atoms with van der Waals surface area (Å²) in [6.07, 6.45) is 2.07. The number of thioether (sulfide) groups is 1. The zero-order valence-corrected chi connectivity index (χ0v) is 16.8. The molecule has 1 saturated heterocycles. The number of benzene rings is 2.